The number of thiophene rings is 1. The van der Waals surface area contributed by atoms with Crippen molar-refractivity contribution < 1.29 is 0 Å². The summed E-state index contributed by atoms with van der Waals surface area (Å²) in [5, 5.41) is 3.62. The van der Waals surface area contributed by atoms with Gasteiger partial charge in [0.1, 0.15) is 6.33 Å². The molecule has 0 spiro atoms. The Kier molecular flexibility index (Phi) is 3.89. The van der Waals surface area contributed by atoms with Crippen LogP contribution in [0.25, 0.3) is 0 Å². The molecular weight excluding hydrogens is 254 g/mol. The van der Waals surface area contributed by atoms with Gasteiger partial charge in [-0.25, -0.2) is 9.97 Å². The van der Waals surface area contributed by atoms with Crippen LogP contribution < -0.4 is 5.32 Å². The van der Waals surface area contributed by atoms with Crippen molar-refractivity contribution in [2.75, 3.05) is 6.54 Å². The summed E-state index contributed by atoms with van der Waals surface area (Å²) < 4.78 is 0. The third-order valence-corrected chi connectivity index (χ3v) is 4.86. The normalized spacial score (nSPS) is 15.4. The highest BCUT2D eigenvalue weighted by atomic mass is 32.1. The van der Waals surface area contributed by atoms with Crippen LogP contribution in [0.5, 0.6) is 0 Å². The minimum atomic E-state index is 0.247. The fourth-order valence-corrected chi connectivity index (χ4v) is 3.99. The zero-order chi connectivity index (χ0) is 13.1. The van der Waals surface area contributed by atoms with E-state index in [1.54, 1.807) is 16.8 Å². The predicted molar refractivity (Wildman–Crippen MR) is 78.5 cm³/mol. The Morgan fingerprint density at radius 2 is 2.16 bits per heavy atom. The van der Waals surface area contributed by atoms with Crippen LogP contribution in [0.1, 0.15) is 46.7 Å². The molecule has 2 heterocycles. The van der Waals surface area contributed by atoms with Crippen LogP contribution in [0.4, 0.5) is 0 Å². The molecule has 0 amide bonds. The van der Waals surface area contributed by atoms with Crippen molar-refractivity contribution in [2.24, 2.45) is 0 Å². The molecule has 0 fully saturated rings. The number of hydrogen-bond acceptors (Lipinski definition) is 4. The molecule has 2 aromatic rings. The van der Waals surface area contributed by atoms with Crippen molar-refractivity contribution in [1.29, 1.82) is 0 Å². The van der Waals surface area contributed by atoms with Crippen LogP contribution in [0, 0.1) is 0 Å². The molecule has 19 heavy (non-hydrogen) atoms. The molecule has 0 bridgehead atoms. The van der Waals surface area contributed by atoms with Crippen molar-refractivity contribution in [1.82, 2.24) is 15.3 Å². The molecule has 1 aliphatic carbocycles. The van der Waals surface area contributed by atoms with E-state index in [2.05, 4.69) is 28.3 Å². The first-order valence-electron chi connectivity index (χ1n) is 6.98. The van der Waals surface area contributed by atoms with Gasteiger partial charge in [-0.1, -0.05) is 6.92 Å². The number of nitrogens with zero attached hydrogens (tertiary/aromatic N) is 2. The van der Waals surface area contributed by atoms with Crippen LogP contribution in [0.15, 0.2) is 24.8 Å². The second kappa shape index (κ2) is 5.80. The quantitative estimate of drug-likeness (QED) is 0.909. The average Bonchev–Trinajstić information content (AvgIpc) is 3.02. The molecule has 1 unspecified atom stereocenters. The maximum Gasteiger partial charge on any atom is 0.115 e. The summed E-state index contributed by atoms with van der Waals surface area (Å²) in [6, 6.07) is 2.63. The number of aryl methyl sites for hydroxylation is 2. The largest absolute Gasteiger partial charge is 0.306 e. The van der Waals surface area contributed by atoms with E-state index in [9.17, 15) is 0 Å². The van der Waals surface area contributed by atoms with Crippen molar-refractivity contribution in [3.63, 3.8) is 0 Å². The van der Waals surface area contributed by atoms with Crippen molar-refractivity contribution >= 4 is 11.3 Å². The Balaban J connectivity index is 1.89. The maximum absolute atomic E-state index is 4.16. The number of hydrogen-bond donors (Lipinski definition) is 1. The van der Waals surface area contributed by atoms with E-state index in [4.69, 9.17) is 0 Å². The van der Waals surface area contributed by atoms with Crippen LogP contribution >= 0.6 is 11.3 Å². The minimum Gasteiger partial charge on any atom is -0.306 e. The van der Waals surface area contributed by atoms with Gasteiger partial charge >= 0.3 is 0 Å². The van der Waals surface area contributed by atoms with Crippen LogP contribution in [-0.2, 0) is 12.8 Å². The fraction of sp³-hybridized carbons (Fsp3) is 0.467. The van der Waals surface area contributed by atoms with Gasteiger partial charge in [-0.2, -0.15) is 0 Å². The average molecular weight is 273 g/mol. The summed E-state index contributed by atoms with van der Waals surface area (Å²) in [4.78, 5) is 11.3. The zero-order valence-electron chi connectivity index (χ0n) is 11.2. The third-order valence-electron chi connectivity index (χ3n) is 3.56. The lowest BCUT2D eigenvalue weighted by Crippen LogP contribution is -2.22. The topological polar surface area (TPSA) is 37.8 Å². The molecule has 1 atom stereocenters. The predicted octanol–water partition coefficient (Wildman–Crippen LogP) is 3.12. The van der Waals surface area contributed by atoms with Gasteiger partial charge in [-0.15, -0.1) is 11.3 Å². The molecule has 0 aromatic carbocycles. The smallest absolute Gasteiger partial charge is 0.115 e. The highest BCUT2D eigenvalue weighted by Crippen LogP contribution is 2.35. The first kappa shape index (κ1) is 12.8. The van der Waals surface area contributed by atoms with Crippen LogP contribution in [-0.4, -0.2) is 16.5 Å². The molecule has 3 rings (SSSR count). The monoisotopic (exact) mass is 273 g/mol. The van der Waals surface area contributed by atoms with E-state index >= 15 is 0 Å². The minimum absolute atomic E-state index is 0.247. The van der Waals surface area contributed by atoms with Gasteiger partial charge < -0.3 is 5.32 Å². The second-order valence-corrected chi connectivity index (χ2v) is 6.18. The van der Waals surface area contributed by atoms with Crippen molar-refractivity contribution in [3.8, 4) is 0 Å². The summed E-state index contributed by atoms with van der Waals surface area (Å²) in [7, 11) is 0. The van der Waals surface area contributed by atoms with Gasteiger partial charge in [0.05, 0.1) is 6.04 Å². The first-order valence-corrected chi connectivity index (χ1v) is 7.80. The van der Waals surface area contributed by atoms with Crippen molar-refractivity contribution in [3.05, 3.63) is 45.7 Å². The lowest BCUT2D eigenvalue weighted by atomic mass is 10.1. The van der Waals surface area contributed by atoms with E-state index < -0.39 is 0 Å². The lowest BCUT2D eigenvalue weighted by Gasteiger charge is -2.16. The van der Waals surface area contributed by atoms with Gasteiger partial charge in [0.25, 0.3) is 0 Å². The molecule has 4 heteroatoms. The summed E-state index contributed by atoms with van der Waals surface area (Å²) in [6.07, 6.45) is 10.4. The summed E-state index contributed by atoms with van der Waals surface area (Å²) >= 11 is 1.96. The number of aromatic nitrogens is 2. The number of fused-ring (bicyclic) bond motifs is 1. The fourth-order valence-electron chi connectivity index (χ4n) is 2.63. The van der Waals surface area contributed by atoms with Gasteiger partial charge in [-0.3, -0.25) is 0 Å². The second-order valence-electron chi connectivity index (χ2n) is 5.01. The number of nitrogens with one attached hydrogen (secondary N) is 1. The SMILES string of the molecule is CCCNC(c1cncnc1)c1cc2c(s1)CCC2. The summed E-state index contributed by atoms with van der Waals surface area (Å²) in [5.41, 5.74) is 2.72. The third kappa shape index (κ3) is 2.69. The van der Waals surface area contributed by atoms with Gasteiger partial charge in [-0.05, 0) is 43.9 Å². The van der Waals surface area contributed by atoms with E-state index in [-0.39, 0.29) is 6.04 Å². The van der Waals surface area contributed by atoms with E-state index in [1.165, 1.54) is 24.1 Å². The van der Waals surface area contributed by atoms with E-state index in [0.29, 0.717) is 0 Å². The van der Waals surface area contributed by atoms with Gasteiger partial charge in [0.15, 0.2) is 0 Å². The van der Waals surface area contributed by atoms with Gasteiger partial charge in [0, 0.05) is 27.7 Å². The van der Waals surface area contributed by atoms with E-state index in [1.807, 2.05) is 23.7 Å². The molecule has 0 radical (unpaired) electrons. The molecule has 2 aromatic heterocycles. The maximum atomic E-state index is 4.16. The molecule has 1 N–H and O–H groups in total. The van der Waals surface area contributed by atoms with Crippen molar-refractivity contribution in [2.45, 2.75) is 38.6 Å². The first-order chi connectivity index (χ1) is 9.38. The Hall–Kier alpha value is -1.26. The van der Waals surface area contributed by atoms with Gasteiger partial charge in [0.2, 0.25) is 0 Å². The molecule has 1 aliphatic rings. The zero-order valence-corrected chi connectivity index (χ0v) is 12.0. The Bertz CT molecular complexity index is 514. The Morgan fingerprint density at radius 1 is 1.32 bits per heavy atom. The van der Waals surface area contributed by atoms with Crippen LogP contribution in [0.2, 0.25) is 0 Å². The van der Waals surface area contributed by atoms with E-state index in [0.717, 1.165) is 18.5 Å². The Morgan fingerprint density at radius 3 is 2.89 bits per heavy atom. The summed E-state index contributed by atoms with van der Waals surface area (Å²) in [6.45, 7) is 3.21. The van der Waals surface area contributed by atoms with Crippen LogP contribution in [0.3, 0.4) is 0 Å². The lowest BCUT2D eigenvalue weighted by molar-refractivity contribution is 0.602. The molecule has 0 saturated carbocycles. The molecule has 0 aliphatic heterocycles. The molecule has 0 saturated heterocycles. The highest BCUT2D eigenvalue weighted by molar-refractivity contribution is 7.12. The highest BCUT2D eigenvalue weighted by Gasteiger charge is 2.21. The number of rotatable bonds is 5. The molecular formula is C15H19N3S. The molecule has 3 nitrogen and oxygen atoms in total. The standard InChI is InChI=1S/C15H19N3S/c1-2-6-18-15(12-8-16-10-17-9-12)14-7-11-4-3-5-13(11)19-14/h7-10,15,18H,2-6H2,1H3. The molecule has 100 valence electrons. The summed E-state index contributed by atoms with van der Waals surface area (Å²) in [5.74, 6) is 0. The Labute approximate surface area is 118 Å².